The van der Waals surface area contributed by atoms with Crippen molar-refractivity contribution in [3.63, 3.8) is 0 Å². The highest BCUT2D eigenvalue weighted by Crippen LogP contribution is 2.21. The molecule has 0 fully saturated rings. The highest BCUT2D eigenvalue weighted by molar-refractivity contribution is 6.30. The Labute approximate surface area is 137 Å². The summed E-state index contributed by atoms with van der Waals surface area (Å²) >= 11 is 6.20. The first-order valence-electron chi connectivity index (χ1n) is 7.10. The standard InChI is InChI=1S/C17H23ClN2O2/c1-6-8-13-9-10-19-15(18)14(13)12-20(11-7-2)16(21)22-17(3,4)5/h6-7,9-10H,1-2,8,11-12H2,3-5H3. The molecule has 0 unspecified atom stereocenters. The van der Waals surface area contributed by atoms with Crippen LogP contribution in [0.5, 0.6) is 0 Å². The minimum absolute atomic E-state index is 0.316. The van der Waals surface area contributed by atoms with Crippen molar-refractivity contribution in [3.8, 4) is 0 Å². The van der Waals surface area contributed by atoms with Crippen LogP contribution in [0, 0.1) is 0 Å². The monoisotopic (exact) mass is 322 g/mol. The van der Waals surface area contributed by atoms with E-state index in [0.29, 0.717) is 24.7 Å². The molecule has 1 heterocycles. The predicted molar refractivity (Wildman–Crippen MR) is 90.0 cm³/mol. The third-order valence-corrected chi connectivity index (χ3v) is 3.14. The molecule has 0 saturated carbocycles. The van der Waals surface area contributed by atoms with Crippen LogP contribution in [-0.2, 0) is 17.7 Å². The summed E-state index contributed by atoms with van der Waals surface area (Å²) in [5.74, 6) is 0. The summed E-state index contributed by atoms with van der Waals surface area (Å²) in [6.45, 7) is 13.6. The molecule has 0 radical (unpaired) electrons. The number of pyridine rings is 1. The summed E-state index contributed by atoms with van der Waals surface area (Å²) in [6.07, 6.45) is 5.35. The van der Waals surface area contributed by atoms with Crippen LogP contribution in [0.2, 0.25) is 5.15 Å². The van der Waals surface area contributed by atoms with Crippen LogP contribution in [0.25, 0.3) is 0 Å². The van der Waals surface area contributed by atoms with Gasteiger partial charge in [-0.25, -0.2) is 9.78 Å². The topological polar surface area (TPSA) is 42.4 Å². The van der Waals surface area contributed by atoms with E-state index in [4.69, 9.17) is 16.3 Å². The lowest BCUT2D eigenvalue weighted by Crippen LogP contribution is -2.36. The van der Waals surface area contributed by atoms with E-state index in [2.05, 4.69) is 18.1 Å². The molecule has 0 aliphatic heterocycles. The first kappa shape index (κ1) is 18.2. The van der Waals surface area contributed by atoms with Crippen LogP contribution in [0.15, 0.2) is 37.6 Å². The van der Waals surface area contributed by atoms with Crippen molar-refractivity contribution in [3.05, 3.63) is 53.9 Å². The van der Waals surface area contributed by atoms with Crippen LogP contribution in [0.1, 0.15) is 31.9 Å². The molecule has 1 amide bonds. The molecular formula is C17H23ClN2O2. The van der Waals surface area contributed by atoms with Gasteiger partial charge in [-0.1, -0.05) is 23.8 Å². The van der Waals surface area contributed by atoms with Crippen molar-refractivity contribution in [1.82, 2.24) is 9.88 Å². The molecule has 0 aliphatic carbocycles. The second-order valence-electron chi connectivity index (χ2n) is 5.88. The molecule has 0 aromatic carbocycles. The van der Waals surface area contributed by atoms with Crippen LogP contribution in [0.4, 0.5) is 4.79 Å². The lowest BCUT2D eigenvalue weighted by molar-refractivity contribution is 0.0256. The maximum Gasteiger partial charge on any atom is 0.410 e. The fraction of sp³-hybridized carbons (Fsp3) is 0.412. The van der Waals surface area contributed by atoms with Crippen LogP contribution in [-0.4, -0.2) is 28.1 Å². The quantitative estimate of drug-likeness (QED) is 0.576. The van der Waals surface area contributed by atoms with Crippen molar-refractivity contribution >= 4 is 17.7 Å². The van der Waals surface area contributed by atoms with E-state index in [1.807, 2.05) is 26.8 Å². The Morgan fingerprint density at radius 2 is 2.09 bits per heavy atom. The Kier molecular flexibility index (Phi) is 6.62. The van der Waals surface area contributed by atoms with Crippen LogP contribution in [0.3, 0.4) is 0 Å². The Bertz CT molecular complexity index is 550. The van der Waals surface area contributed by atoms with Gasteiger partial charge in [0.15, 0.2) is 0 Å². The molecule has 0 saturated heterocycles. The summed E-state index contributed by atoms with van der Waals surface area (Å²) in [5, 5.41) is 0.386. The molecule has 0 spiro atoms. The third kappa shape index (κ3) is 5.53. The molecule has 4 nitrogen and oxygen atoms in total. The van der Waals surface area contributed by atoms with Crippen molar-refractivity contribution in [1.29, 1.82) is 0 Å². The SMILES string of the molecule is C=CCc1ccnc(Cl)c1CN(CC=C)C(=O)OC(C)(C)C. The molecule has 22 heavy (non-hydrogen) atoms. The fourth-order valence-corrected chi connectivity index (χ4v) is 2.13. The summed E-state index contributed by atoms with van der Waals surface area (Å²) in [7, 11) is 0. The van der Waals surface area contributed by atoms with Crippen LogP contribution >= 0.6 is 11.6 Å². The summed E-state index contributed by atoms with van der Waals surface area (Å²) < 4.78 is 5.42. The van der Waals surface area contributed by atoms with Gasteiger partial charge in [0.1, 0.15) is 10.8 Å². The fourth-order valence-electron chi connectivity index (χ4n) is 1.89. The zero-order valence-electron chi connectivity index (χ0n) is 13.4. The number of halogens is 1. The summed E-state index contributed by atoms with van der Waals surface area (Å²) in [4.78, 5) is 18.0. The number of amides is 1. The zero-order valence-corrected chi connectivity index (χ0v) is 14.2. The summed E-state index contributed by atoms with van der Waals surface area (Å²) in [5.41, 5.74) is 1.24. The molecule has 120 valence electrons. The van der Waals surface area contributed by atoms with Crippen molar-refractivity contribution in [2.45, 2.75) is 39.3 Å². The minimum Gasteiger partial charge on any atom is -0.444 e. The van der Waals surface area contributed by atoms with Gasteiger partial charge in [0.2, 0.25) is 0 Å². The average Bonchev–Trinajstić information content (AvgIpc) is 2.40. The number of carbonyl (C=O) groups excluding carboxylic acids is 1. The van der Waals surface area contributed by atoms with Crippen LogP contribution < -0.4 is 0 Å². The number of aromatic nitrogens is 1. The molecule has 0 N–H and O–H groups in total. The first-order chi connectivity index (χ1) is 10.3. The number of ether oxygens (including phenoxy) is 1. The smallest absolute Gasteiger partial charge is 0.410 e. The van der Waals surface area contributed by atoms with Gasteiger partial charge in [-0.2, -0.15) is 0 Å². The number of rotatable bonds is 6. The van der Waals surface area contributed by atoms with Crippen molar-refractivity contribution < 1.29 is 9.53 Å². The molecule has 5 heteroatoms. The Balaban J connectivity index is 3.03. The van der Waals surface area contributed by atoms with E-state index in [0.717, 1.165) is 11.1 Å². The van der Waals surface area contributed by atoms with E-state index in [1.165, 1.54) is 0 Å². The molecule has 1 rings (SSSR count). The zero-order chi connectivity index (χ0) is 16.8. The largest absolute Gasteiger partial charge is 0.444 e. The second kappa shape index (κ2) is 7.99. The molecule has 1 aromatic heterocycles. The van der Waals surface area contributed by atoms with Crippen molar-refractivity contribution in [2.75, 3.05) is 6.54 Å². The highest BCUT2D eigenvalue weighted by atomic mass is 35.5. The van der Waals surface area contributed by atoms with Gasteiger partial charge < -0.3 is 9.64 Å². The Morgan fingerprint density at radius 3 is 2.64 bits per heavy atom. The normalized spacial score (nSPS) is 10.9. The minimum atomic E-state index is -0.556. The van der Waals surface area contributed by atoms with Gasteiger partial charge >= 0.3 is 6.09 Å². The molecule has 0 bridgehead atoms. The third-order valence-electron chi connectivity index (χ3n) is 2.81. The number of allylic oxidation sites excluding steroid dienone is 1. The lowest BCUT2D eigenvalue weighted by Gasteiger charge is -2.27. The lowest BCUT2D eigenvalue weighted by atomic mass is 10.1. The van der Waals surface area contributed by atoms with E-state index >= 15 is 0 Å². The maximum atomic E-state index is 12.3. The van der Waals surface area contributed by atoms with Gasteiger partial charge in [0.25, 0.3) is 0 Å². The van der Waals surface area contributed by atoms with Gasteiger partial charge in [-0.3, -0.25) is 0 Å². The number of nitrogens with zero attached hydrogens (tertiary/aromatic N) is 2. The van der Waals surface area contributed by atoms with E-state index in [9.17, 15) is 4.79 Å². The van der Waals surface area contributed by atoms with E-state index < -0.39 is 11.7 Å². The number of hydrogen-bond donors (Lipinski definition) is 0. The van der Waals surface area contributed by atoms with Gasteiger partial charge in [0.05, 0.1) is 6.54 Å². The van der Waals surface area contributed by atoms with Gasteiger partial charge in [-0.15, -0.1) is 13.2 Å². The van der Waals surface area contributed by atoms with Gasteiger partial charge in [0, 0.05) is 18.3 Å². The van der Waals surface area contributed by atoms with Gasteiger partial charge in [-0.05, 0) is 38.8 Å². The Morgan fingerprint density at radius 1 is 1.41 bits per heavy atom. The Hall–Kier alpha value is -1.81. The number of carbonyl (C=O) groups is 1. The maximum absolute atomic E-state index is 12.3. The predicted octanol–water partition coefficient (Wildman–Crippen LogP) is 4.39. The first-order valence-corrected chi connectivity index (χ1v) is 7.48. The summed E-state index contributed by atoms with van der Waals surface area (Å²) in [6, 6.07) is 1.88. The molecular weight excluding hydrogens is 300 g/mol. The van der Waals surface area contributed by atoms with E-state index in [-0.39, 0.29) is 0 Å². The van der Waals surface area contributed by atoms with Crippen molar-refractivity contribution in [2.24, 2.45) is 0 Å². The second-order valence-corrected chi connectivity index (χ2v) is 6.24. The number of hydrogen-bond acceptors (Lipinski definition) is 3. The van der Waals surface area contributed by atoms with E-state index in [1.54, 1.807) is 23.2 Å². The highest BCUT2D eigenvalue weighted by Gasteiger charge is 2.23. The molecule has 1 aromatic rings. The molecule has 0 aliphatic rings. The molecule has 0 atom stereocenters. The average molecular weight is 323 g/mol.